The van der Waals surface area contributed by atoms with Crippen LogP contribution in [-0.2, 0) is 13.2 Å². The van der Waals surface area contributed by atoms with Crippen molar-refractivity contribution in [1.82, 2.24) is 19.7 Å². The Balaban J connectivity index is 2.13. The average molecular weight is 349 g/mol. The van der Waals surface area contributed by atoms with Gasteiger partial charge < -0.3 is 4.57 Å². The van der Waals surface area contributed by atoms with Crippen LogP contribution in [-0.4, -0.2) is 24.7 Å². The summed E-state index contributed by atoms with van der Waals surface area (Å²) in [5.74, 6) is 0.164. The molecule has 0 spiro atoms. The van der Waals surface area contributed by atoms with Gasteiger partial charge in [-0.25, -0.2) is 0 Å². The highest BCUT2D eigenvalue weighted by Gasteiger charge is 2.36. The highest BCUT2D eigenvalue weighted by Crippen LogP contribution is 2.35. The van der Waals surface area contributed by atoms with Crippen LogP contribution in [0.15, 0.2) is 42.6 Å². The van der Waals surface area contributed by atoms with E-state index in [2.05, 4.69) is 15.2 Å². The average Bonchev–Trinajstić information content (AvgIpc) is 2.95. The molecular weight excluding hydrogens is 339 g/mol. The van der Waals surface area contributed by atoms with Gasteiger partial charge in [-0.15, -0.1) is 10.2 Å². The second-order valence-electron chi connectivity index (χ2n) is 5.11. The molecule has 2 heterocycles. The first-order valence-electron chi connectivity index (χ1n) is 6.96. The van der Waals surface area contributed by atoms with Crippen LogP contribution in [0, 0.1) is 10.1 Å². The Morgan fingerprint density at radius 3 is 2.52 bits per heavy atom. The lowest BCUT2D eigenvalue weighted by molar-refractivity contribution is -0.384. The largest absolute Gasteiger partial charge is 0.434 e. The van der Waals surface area contributed by atoms with E-state index < -0.39 is 16.8 Å². The zero-order valence-electron chi connectivity index (χ0n) is 12.7. The molecule has 0 aliphatic rings. The molecule has 0 fully saturated rings. The van der Waals surface area contributed by atoms with E-state index in [0.29, 0.717) is 5.56 Å². The number of pyridine rings is 1. The lowest BCUT2D eigenvalue weighted by Gasteiger charge is -2.11. The summed E-state index contributed by atoms with van der Waals surface area (Å²) in [4.78, 5) is 13.7. The maximum absolute atomic E-state index is 13.1. The smallest absolute Gasteiger partial charge is 0.310 e. The van der Waals surface area contributed by atoms with Gasteiger partial charge in [-0.2, -0.15) is 13.2 Å². The van der Waals surface area contributed by atoms with Crippen molar-refractivity contribution >= 4 is 5.69 Å². The third-order valence-electron chi connectivity index (χ3n) is 3.51. The molecule has 0 N–H and O–H groups in total. The van der Waals surface area contributed by atoms with Gasteiger partial charge in [-0.3, -0.25) is 15.1 Å². The third-order valence-corrected chi connectivity index (χ3v) is 3.51. The Bertz CT molecular complexity index is 952. The number of nitro groups is 1. The van der Waals surface area contributed by atoms with Crippen LogP contribution in [0.1, 0.15) is 5.69 Å². The number of hydrogen-bond donors (Lipinski definition) is 0. The zero-order chi connectivity index (χ0) is 18.2. The summed E-state index contributed by atoms with van der Waals surface area (Å²) in [6, 6.07) is 8.23. The monoisotopic (exact) mass is 349 g/mol. The van der Waals surface area contributed by atoms with Crippen LogP contribution in [0.5, 0.6) is 0 Å². The fourth-order valence-electron chi connectivity index (χ4n) is 2.39. The number of aromatic nitrogens is 4. The number of benzene rings is 1. The van der Waals surface area contributed by atoms with Gasteiger partial charge >= 0.3 is 6.18 Å². The van der Waals surface area contributed by atoms with Crippen LogP contribution in [0.4, 0.5) is 18.9 Å². The van der Waals surface area contributed by atoms with Crippen molar-refractivity contribution < 1.29 is 18.1 Å². The van der Waals surface area contributed by atoms with Crippen molar-refractivity contribution in [2.24, 2.45) is 7.05 Å². The molecule has 0 unspecified atom stereocenters. The molecule has 0 amide bonds. The van der Waals surface area contributed by atoms with E-state index in [0.717, 1.165) is 6.20 Å². The van der Waals surface area contributed by atoms with Crippen LogP contribution in [0.25, 0.3) is 22.8 Å². The summed E-state index contributed by atoms with van der Waals surface area (Å²) < 4.78 is 40.8. The molecule has 0 bridgehead atoms. The predicted octanol–water partition coefficient (Wildman–Crippen LogP) is 3.47. The van der Waals surface area contributed by atoms with Gasteiger partial charge in [-0.05, 0) is 12.1 Å². The molecule has 2 aromatic heterocycles. The first-order valence-corrected chi connectivity index (χ1v) is 6.96. The quantitative estimate of drug-likeness (QED) is 0.534. The van der Waals surface area contributed by atoms with Gasteiger partial charge in [0.15, 0.2) is 17.3 Å². The minimum absolute atomic E-state index is 0.0399. The van der Waals surface area contributed by atoms with Crippen molar-refractivity contribution in [2.75, 3.05) is 0 Å². The Hall–Kier alpha value is -3.30. The van der Waals surface area contributed by atoms with Gasteiger partial charge in [0.2, 0.25) is 0 Å². The van der Waals surface area contributed by atoms with Crippen molar-refractivity contribution in [3.63, 3.8) is 0 Å². The SMILES string of the molecule is Cn1c(-c2cccc([N+](=O)[O-])c2)nnc1-c1cccnc1C(F)(F)F. The van der Waals surface area contributed by atoms with E-state index in [4.69, 9.17) is 0 Å². The second-order valence-corrected chi connectivity index (χ2v) is 5.11. The number of halogens is 3. The standard InChI is InChI=1S/C15H10F3N5O2/c1-22-13(9-4-2-5-10(8-9)23(24)25)20-21-14(22)11-6-3-7-19-12(11)15(16,17)18/h2-8H,1H3. The molecule has 0 saturated carbocycles. The number of non-ortho nitro benzene ring substituents is 1. The van der Waals surface area contributed by atoms with Crippen molar-refractivity contribution in [3.05, 3.63) is 58.4 Å². The Labute approximate surface area is 138 Å². The summed E-state index contributed by atoms with van der Waals surface area (Å²) in [6.07, 6.45) is -3.60. The third kappa shape index (κ3) is 3.05. The first kappa shape index (κ1) is 16.6. The molecule has 7 nitrogen and oxygen atoms in total. The maximum Gasteiger partial charge on any atom is 0.434 e. The summed E-state index contributed by atoms with van der Waals surface area (Å²) in [5.41, 5.74) is -1.08. The highest BCUT2D eigenvalue weighted by atomic mass is 19.4. The van der Waals surface area contributed by atoms with E-state index in [9.17, 15) is 23.3 Å². The van der Waals surface area contributed by atoms with Gasteiger partial charge in [0.05, 0.1) is 10.5 Å². The van der Waals surface area contributed by atoms with Crippen LogP contribution < -0.4 is 0 Å². The molecule has 3 aromatic rings. The Kier molecular flexibility index (Phi) is 3.95. The highest BCUT2D eigenvalue weighted by molar-refractivity contribution is 5.65. The molecule has 3 rings (SSSR count). The van der Waals surface area contributed by atoms with Crippen LogP contribution in [0.3, 0.4) is 0 Å². The van der Waals surface area contributed by atoms with Crippen LogP contribution >= 0.6 is 0 Å². The van der Waals surface area contributed by atoms with Crippen molar-refractivity contribution in [1.29, 1.82) is 0 Å². The van der Waals surface area contributed by atoms with Crippen LogP contribution in [0.2, 0.25) is 0 Å². The van der Waals surface area contributed by atoms with Crippen molar-refractivity contribution in [3.8, 4) is 22.8 Å². The van der Waals surface area contributed by atoms with E-state index in [-0.39, 0.29) is 22.9 Å². The first-order chi connectivity index (χ1) is 11.8. The van der Waals surface area contributed by atoms with Gasteiger partial charge in [0.1, 0.15) is 0 Å². The normalized spacial score (nSPS) is 11.5. The van der Waals surface area contributed by atoms with E-state index in [1.165, 1.54) is 41.9 Å². The lowest BCUT2D eigenvalue weighted by Crippen LogP contribution is -2.11. The molecular formula is C15H10F3N5O2. The molecule has 0 radical (unpaired) electrons. The summed E-state index contributed by atoms with van der Waals surface area (Å²) in [7, 11) is 1.48. The zero-order valence-corrected chi connectivity index (χ0v) is 12.7. The maximum atomic E-state index is 13.1. The topological polar surface area (TPSA) is 86.7 Å². The van der Waals surface area contributed by atoms with E-state index in [1.807, 2.05) is 0 Å². The summed E-state index contributed by atoms with van der Waals surface area (Å²) in [5, 5.41) is 18.6. The molecule has 0 atom stereocenters. The van der Waals surface area contributed by atoms with Gasteiger partial charge in [-0.1, -0.05) is 12.1 Å². The number of nitro benzene ring substituents is 1. The molecule has 0 aliphatic carbocycles. The minimum atomic E-state index is -4.64. The molecule has 25 heavy (non-hydrogen) atoms. The predicted molar refractivity (Wildman–Crippen MR) is 81.3 cm³/mol. The number of nitrogens with zero attached hydrogens (tertiary/aromatic N) is 5. The Morgan fingerprint density at radius 1 is 1.12 bits per heavy atom. The van der Waals surface area contributed by atoms with Gasteiger partial charge in [0, 0.05) is 30.9 Å². The van der Waals surface area contributed by atoms with Gasteiger partial charge in [0.25, 0.3) is 5.69 Å². The van der Waals surface area contributed by atoms with Crippen molar-refractivity contribution in [2.45, 2.75) is 6.18 Å². The summed E-state index contributed by atoms with van der Waals surface area (Å²) in [6.45, 7) is 0. The minimum Gasteiger partial charge on any atom is -0.310 e. The lowest BCUT2D eigenvalue weighted by atomic mass is 10.1. The molecule has 0 aliphatic heterocycles. The molecule has 128 valence electrons. The van der Waals surface area contributed by atoms with E-state index >= 15 is 0 Å². The fraction of sp³-hybridized carbons (Fsp3) is 0.133. The second kappa shape index (κ2) is 5.96. The number of hydrogen-bond acceptors (Lipinski definition) is 5. The van der Waals surface area contributed by atoms with E-state index in [1.54, 1.807) is 6.07 Å². The fourth-order valence-corrected chi connectivity index (χ4v) is 2.39. The number of rotatable bonds is 3. The Morgan fingerprint density at radius 2 is 1.84 bits per heavy atom. The molecule has 0 saturated heterocycles. The molecule has 10 heteroatoms. The number of alkyl halides is 3. The summed E-state index contributed by atoms with van der Waals surface area (Å²) >= 11 is 0. The molecule has 1 aromatic carbocycles.